The molecule has 0 unspecified atom stereocenters. The molecule has 0 atom stereocenters. The molecular formula is C14H21ClIN3O. The van der Waals surface area contributed by atoms with Crippen molar-refractivity contribution in [2.24, 2.45) is 4.99 Å². The van der Waals surface area contributed by atoms with Gasteiger partial charge in [-0.3, -0.25) is 0 Å². The molecule has 0 aliphatic rings. The molecule has 2 N–H and O–H groups in total. The fraction of sp³-hybridized carbons (Fsp3) is 0.357. The number of benzene rings is 1. The van der Waals surface area contributed by atoms with Gasteiger partial charge in [-0.1, -0.05) is 23.7 Å². The van der Waals surface area contributed by atoms with Gasteiger partial charge in [0.05, 0.1) is 13.7 Å². The molecule has 0 bridgehead atoms. The van der Waals surface area contributed by atoms with Crippen LogP contribution in [0.3, 0.4) is 0 Å². The van der Waals surface area contributed by atoms with Crippen LogP contribution >= 0.6 is 35.6 Å². The molecule has 0 radical (unpaired) electrons. The lowest BCUT2D eigenvalue weighted by Crippen LogP contribution is -2.37. The van der Waals surface area contributed by atoms with Crippen LogP contribution in [0.5, 0.6) is 5.75 Å². The number of guanidine groups is 1. The van der Waals surface area contributed by atoms with Crippen molar-refractivity contribution in [3.63, 3.8) is 0 Å². The third-order valence-corrected chi connectivity index (χ3v) is 2.65. The molecule has 0 aliphatic heterocycles. The molecule has 0 saturated heterocycles. The summed E-state index contributed by atoms with van der Waals surface area (Å²) in [6, 6.07) is 5.54. The monoisotopic (exact) mass is 409 g/mol. The van der Waals surface area contributed by atoms with Crippen molar-refractivity contribution in [3.05, 3.63) is 41.4 Å². The number of nitrogens with one attached hydrogen (secondary N) is 2. The van der Waals surface area contributed by atoms with Crippen LogP contribution in [0.15, 0.2) is 35.8 Å². The maximum Gasteiger partial charge on any atom is 0.191 e. The second-order valence-corrected chi connectivity index (χ2v) is 4.26. The zero-order chi connectivity index (χ0) is 14.1. The lowest BCUT2D eigenvalue weighted by Gasteiger charge is -2.11. The summed E-state index contributed by atoms with van der Waals surface area (Å²) in [5.41, 5.74) is 0.989. The number of methoxy groups -OCH3 is 1. The van der Waals surface area contributed by atoms with Crippen LogP contribution in [0.4, 0.5) is 0 Å². The minimum Gasteiger partial charge on any atom is -0.496 e. The number of halogens is 2. The van der Waals surface area contributed by atoms with Gasteiger partial charge >= 0.3 is 0 Å². The van der Waals surface area contributed by atoms with Crippen molar-refractivity contribution in [1.82, 2.24) is 10.6 Å². The molecule has 0 heterocycles. The van der Waals surface area contributed by atoms with Crippen molar-refractivity contribution in [2.45, 2.75) is 13.5 Å². The van der Waals surface area contributed by atoms with E-state index < -0.39 is 0 Å². The van der Waals surface area contributed by atoms with Gasteiger partial charge in [-0.25, -0.2) is 4.99 Å². The Labute approximate surface area is 142 Å². The summed E-state index contributed by atoms with van der Waals surface area (Å²) in [7, 11) is 1.63. The number of rotatable bonds is 6. The van der Waals surface area contributed by atoms with Crippen molar-refractivity contribution in [2.75, 3.05) is 20.2 Å². The summed E-state index contributed by atoms with van der Waals surface area (Å²) in [6.45, 7) is 7.69. The number of hydrogen-bond donors (Lipinski definition) is 2. The van der Waals surface area contributed by atoms with Gasteiger partial charge in [0.25, 0.3) is 0 Å². The second kappa shape index (κ2) is 10.8. The Bertz CT molecular complexity index is 452. The molecule has 0 aromatic heterocycles. The van der Waals surface area contributed by atoms with Crippen LogP contribution in [0.25, 0.3) is 0 Å². The van der Waals surface area contributed by atoms with Crippen LogP contribution in [-0.2, 0) is 6.54 Å². The molecule has 0 spiro atoms. The smallest absolute Gasteiger partial charge is 0.191 e. The summed E-state index contributed by atoms with van der Waals surface area (Å²) < 4.78 is 5.29. The molecule has 0 fully saturated rings. The molecular weight excluding hydrogens is 389 g/mol. The van der Waals surface area contributed by atoms with Crippen LogP contribution in [-0.4, -0.2) is 26.2 Å². The van der Waals surface area contributed by atoms with Crippen LogP contribution < -0.4 is 15.4 Å². The van der Waals surface area contributed by atoms with E-state index in [2.05, 4.69) is 22.2 Å². The Morgan fingerprint density at radius 3 is 2.80 bits per heavy atom. The van der Waals surface area contributed by atoms with E-state index in [9.17, 15) is 0 Å². The van der Waals surface area contributed by atoms with Crippen molar-refractivity contribution in [1.29, 1.82) is 0 Å². The first-order valence-electron chi connectivity index (χ1n) is 6.16. The fourth-order valence-corrected chi connectivity index (χ4v) is 1.69. The minimum atomic E-state index is 0. The van der Waals surface area contributed by atoms with Crippen molar-refractivity contribution in [3.8, 4) is 5.75 Å². The van der Waals surface area contributed by atoms with Crippen molar-refractivity contribution < 1.29 is 4.74 Å². The Hall–Kier alpha value is -0.950. The highest BCUT2D eigenvalue weighted by molar-refractivity contribution is 14.0. The molecule has 112 valence electrons. The number of nitrogens with zero attached hydrogens (tertiary/aromatic N) is 1. The lowest BCUT2D eigenvalue weighted by atomic mass is 10.2. The molecule has 0 aliphatic carbocycles. The first kappa shape index (κ1) is 19.1. The quantitative estimate of drug-likeness (QED) is 0.328. The number of ether oxygens (including phenoxy) is 1. The molecule has 4 nitrogen and oxygen atoms in total. The maximum atomic E-state index is 5.92. The molecule has 0 amide bonds. The van der Waals surface area contributed by atoms with E-state index in [-0.39, 0.29) is 24.0 Å². The maximum absolute atomic E-state index is 5.92. The van der Waals surface area contributed by atoms with Crippen LogP contribution in [0, 0.1) is 0 Å². The zero-order valence-electron chi connectivity index (χ0n) is 11.8. The first-order valence-corrected chi connectivity index (χ1v) is 6.54. The first-order chi connectivity index (χ1) is 9.21. The van der Waals surface area contributed by atoms with Gasteiger partial charge in [-0.05, 0) is 19.1 Å². The predicted molar refractivity (Wildman–Crippen MR) is 96.4 cm³/mol. The standard InChI is InChI=1S/C14H20ClN3O.HI/c1-4-8-17-14(16-5-2)18-10-11-6-7-12(15)9-13(11)19-3;/h4,6-7,9H,1,5,8,10H2,2-3H3,(H2,16,17,18);1H. The van der Waals surface area contributed by atoms with Gasteiger partial charge in [0.15, 0.2) is 5.96 Å². The molecule has 6 heteroatoms. The zero-order valence-corrected chi connectivity index (χ0v) is 14.9. The van der Waals surface area contributed by atoms with Gasteiger partial charge in [0.2, 0.25) is 0 Å². The molecule has 1 rings (SSSR count). The van der Waals surface area contributed by atoms with Gasteiger partial charge in [0.1, 0.15) is 5.75 Å². The SMILES string of the molecule is C=CCNC(=NCc1ccc(Cl)cc1OC)NCC.I. The summed E-state index contributed by atoms with van der Waals surface area (Å²) in [5.74, 6) is 1.50. The third-order valence-electron chi connectivity index (χ3n) is 2.41. The molecule has 1 aromatic rings. The van der Waals surface area contributed by atoms with E-state index in [0.717, 1.165) is 23.8 Å². The Morgan fingerprint density at radius 1 is 1.45 bits per heavy atom. The third kappa shape index (κ3) is 6.47. The van der Waals surface area contributed by atoms with Gasteiger partial charge < -0.3 is 15.4 Å². The predicted octanol–water partition coefficient (Wildman–Crippen LogP) is 3.21. The fourth-order valence-electron chi connectivity index (χ4n) is 1.52. The Kier molecular flexibility index (Phi) is 10.3. The van der Waals surface area contributed by atoms with Gasteiger partial charge in [0, 0.05) is 23.7 Å². The molecule has 1 aromatic carbocycles. The summed E-state index contributed by atoms with van der Waals surface area (Å²) >= 11 is 5.92. The van der Waals surface area contributed by atoms with Crippen LogP contribution in [0.1, 0.15) is 12.5 Å². The van der Waals surface area contributed by atoms with E-state index >= 15 is 0 Å². The molecule has 0 saturated carbocycles. The highest BCUT2D eigenvalue weighted by Crippen LogP contribution is 2.23. The van der Waals surface area contributed by atoms with Crippen LogP contribution in [0.2, 0.25) is 5.02 Å². The second-order valence-electron chi connectivity index (χ2n) is 3.82. The van der Waals surface area contributed by atoms with Gasteiger partial charge in [-0.2, -0.15) is 0 Å². The van der Waals surface area contributed by atoms with E-state index in [4.69, 9.17) is 16.3 Å². The lowest BCUT2D eigenvalue weighted by molar-refractivity contribution is 0.410. The van der Waals surface area contributed by atoms with E-state index in [0.29, 0.717) is 18.1 Å². The Morgan fingerprint density at radius 2 is 2.20 bits per heavy atom. The largest absolute Gasteiger partial charge is 0.496 e. The molecule has 20 heavy (non-hydrogen) atoms. The summed E-state index contributed by atoms with van der Waals surface area (Å²) in [6.07, 6.45) is 1.79. The highest BCUT2D eigenvalue weighted by Gasteiger charge is 2.03. The van der Waals surface area contributed by atoms with E-state index in [1.54, 1.807) is 19.3 Å². The minimum absolute atomic E-state index is 0. The van der Waals surface area contributed by atoms with Gasteiger partial charge in [-0.15, -0.1) is 30.6 Å². The Balaban J connectivity index is 0.00000361. The number of hydrogen-bond acceptors (Lipinski definition) is 2. The summed E-state index contributed by atoms with van der Waals surface area (Å²) in [5, 5.41) is 6.96. The normalized spacial score (nSPS) is 10.4. The van der Waals surface area contributed by atoms with Crippen molar-refractivity contribution >= 4 is 41.5 Å². The van der Waals surface area contributed by atoms with E-state index in [1.165, 1.54) is 0 Å². The highest BCUT2D eigenvalue weighted by atomic mass is 127. The average molecular weight is 410 g/mol. The number of aliphatic imine (C=N–C) groups is 1. The average Bonchev–Trinajstić information content (AvgIpc) is 2.42. The van der Waals surface area contributed by atoms with E-state index in [1.807, 2.05) is 19.1 Å². The topological polar surface area (TPSA) is 45.7 Å². The summed E-state index contributed by atoms with van der Waals surface area (Å²) in [4.78, 5) is 4.48.